The van der Waals surface area contributed by atoms with Crippen LogP contribution in [0, 0.1) is 0 Å². The summed E-state index contributed by atoms with van der Waals surface area (Å²) in [4.78, 5) is 112. The molecule has 0 radical (unpaired) electrons. The molecule has 0 spiro atoms. The SMILES string of the molecule is COc1ccc2c(c1)C(=O)N(C[C@@]1(c3cc4nc(C(=O)NC5CC5)ccc4o3)NC(=O)NC1=O)C2.COc1ccc2c(c1)C(=O)N(C[C@@]1(c3cc4nc(C(C)=O)ccc4o3)NC(=O)NC1=O)C2. The number of furan rings is 2. The Morgan fingerprint density at radius 2 is 1.13 bits per heavy atom. The number of hydrogen-bond donors (Lipinski definition) is 5. The zero-order chi connectivity index (χ0) is 46.9. The van der Waals surface area contributed by atoms with E-state index in [1.54, 1.807) is 54.6 Å². The first-order valence-electron chi connectivity index (χ1n) is 21.0. The van der Waals surface area contributed by atoms with E-state index < -0.39 is 35.0 Å². The van der Waals surface area contributed by atoms with Gasteiger partial charge in [-0.15, -0.1) is 0 Å². The second-order valence-electron chi connectivity index (χ2n) is 16.7. The number of methoxy groups -OCH3 is 2. The number of benzene rings is 2. The number of Topliss-reactive ketones (excluding diaryl/α,β-unsaturated/α-hetero) is 1. The molecule has 67 heavy (non-hydrogen) atoms. The molecule has 0 unspecified atom stereocenters. The smallest absolute Gasteiger partial charge is 0.322 e. The molecule has 11 rings (SSSR count). The highest BCUT2D eigenvalue weighted by molar-refractivity contribution is 6.09. The molecule has 9 amide bonds. The number of rotatable bonds is 11. The molecule has 4 aliphatic heterocycles. The van der Waals surface area contributed by atoms with Crippen molar-refractivity contribution in [2.45, 2.75) is 50.0 Å². The lowest BCUT2D eigenvalue weighted by Crippen LogP contribution is -2.52. The standard InChI is InChI=1S/C24H21N5O6.C22H18N4O6/c1-34-14-5-2-12-10-29(21(31)15(12)8-14)11-24(22(32)27-23(33)28-24)19-9-17-18(35-19)7-6-16(26-17)20(30)25-13-3-4-13;1-11(27)15-5-6-17-16(23-15)8-18(32-17)22(20(29)24-21(30)25-22)10-26-9-12-3-4-13(31-2)7-14(12)19(26)28/h2,5-9,13H,3-4,10-11H2,1H3,(H,25,30)(H2,27,28,32,33);3-8H,9-10H2,1-2H3,(H2,24,25,29,30)/t24-;22-/m00/s1. The molecule has 2 saturated heterocycles. The molecule has 0 bridgehead atoms. The lowest BCUT2D eigenvalue weighted by atomic mass is 9.95. The molecule has 2 atom stereocenters. The van der Waals surface area contributed by atoms with Crippen molar-refractivity contribution in [2.75, 3.05) is 27.3 Å². The molecular formula is C46H39N9O12. The fourth-order valence-electron chi connectivity index (χ4n) is 8.55. The number of ketones is 1. The maximum atomic E-state index is 13.1. The van der Waals surface area contributed by atoms with Crippen molar-refractivity contribution >= 4 is 69.6 Å². The average Bonchev–Trinajstić information content (AvgIpc) is 3.70. The lowest BCUT2D eigenvalue weighted by Gasteiger charge is -2.28. The molecule has 21 heteroatoms. The van der Waals surface area contributed by atoms with Crippen molar-refractivity contribution in [1.82, 2.24) is 46.4 Å². The van der Waals surface area contributed by atoms with E-state index in [1.165, 1.54) is 49.1 Å². The summed E-state index contributed by atoms with van der Waals surface area (Å²) in [5.41, 5.74) is 1.11. The minimum Gasteiger partial charge on any atom is -0.497 e. The Hall–Kier alpha value is -8.62. The Kier molecular flexibility index (Phi) is 10.00. The van der Waals surface area contributed by atoms with Gasteiger partial charge in [-0.1, -0.05) is 12.1 Å². The van der Waals surface area contributed by atoms with E-state index in [9.17, 15) is 38.4 Å². The molecular weight excluding hydrogens is 871 g/mol. The molecule has 3 fully saturated rings. The van der Waals surface area contributed by atoms with E-state index in [1.807, 2.05) is 0 Å². The van der Waals surface area contributed by atoms with E-state index in [4.69, 9.17) is 18.3 Å². The number of ether oxygens (including phenoxy) is 2. The normalized spacial score (nSPS) is 20.5. The van der Waals surface area contributed by atoms with Gasteiger partial charge in [0.1, 0.15) is 45.4 Å². The van der Waals surface area contributed by atoms with Crippen molar-refractivity contribution in [3.8, 4) is 11.5 Å². The fraction of sp³-hybridized carbons (Fsp3) is 0.261. The first-order chi connectivity index (χ1) is 32.2. The van der Waals surface area contributed by atoms with E-state index >= 15 is 0 Å². The molecule has 2 aromatic carbocycles. The fourth-order valence-corrected chi connectivity index (χ4v) is 8.55. The van der Waals surface area contributed by atoms with Gasteiger partial charge in [0.05, 0.1) is 27.3 Å². The van der Waals surface area contributed by atoms with Crippen molar-refractivity contribution in [3.63, 3.8) is 0 Å². The topological polar surface area (TPSA) is 274 Å². The van der Waals surface area contributed by atoms with E-state index in [2.05, 4.69) is 36.6 Å². The summed E-state index contributed by atoms with van der Waals surface area (Å²) in [6.07, 6.45) is 1.90. The number of imide groups is 2. The van der Waals surface area contributed by atoms with Crippen molar-refractivity contribution in [2.24, 2.45) is 0 Å². The monoisotopic (exact) mass is 909 g/mol. The average molecular weight is 910 g/mol. The molecule has 8 heterocycles. The molecule has 21 nitrogen and oxygen atoms in total. The summed E-state index contributed by atoms with van der Waals surface area (Å²) in [6.45, 7) is 1.60. The first kappa shape index (κ1) is 42.3. The number of carbonyl (C=O) groups is 8. The van der Waals surface area contributed by atoms with Crippen LogP contribution in [-0.2, 0) is 33.8 Å². The van der Waals surface area contributed by atoms with Gasteiger partial charge in [-0.3, -0.25) is 39.4 Å². The summed E-state index contributed by atoms with van der Waals surface area (Å²) in [6, 6.07) is 18.5. The van der Waals surface area contributed by atoms with Crippen LogP contribution in [0.1, 0.15) is 84.1 Å². The number of urea groups is 2. The third kappa shape index (κ3) is 7.38. The van der Waals surface area contributed by atoms with Crippen LogP contribution in [-0.4, -0.2) is 101 Å². The van der Waals surface area contributed by atoms with Crippen molar-refractivity contribution in [1.29, 1.82) is 0 Å². The van der Waals surface area contributed by atoms with Crippen LogP contribution < -0.4 is 36.1 Å². The number of carbonyl (C=O) groups excluding carboxylic acids is 8. The Balaban J connectivity index is 0.000000157. The zero-order valence-corrected chi connectivity index (χ0v) is 35.9. The second kappa shape index (κ2) is 15.8. The van der Waals surface area contributed by atoms with Crippen LogP contribution in [0.5, 0.6) is 11.5 Å². The number of nitrogens with zero attached hydrogens (tertiary/aromatic N) is 4. The zero-order valence-electron chi connectivity index (χ0n) is 35.9. The Morgan fingerprint density at radius 3 is 1.55 bits per heavy atom. The first-order valence-corrected chi connectivity index (χ1v) is 21.0. The maximum absolute atomic E-state index is 13.1. The number of amides is 9. The van der Waals surface area contributed by atoms with Crippen molar-refractivity contribution < 1.29 is 56.7 Å². The van der Waals surface area contributed by atoms with Crippen LogP contribution in [0.25, 0.3) is 22.2 Å². The van der Waals surface area contributed by atoms with Gasteiger partial charge in [0, 0.05) is 49.3 Å². The van der Waals surface area contributed by atoms with Crippen LogP contribution in [0.15, 0.2) is 81.6 Å². The van der Waals surface area contributed by atoms with Crippen LogP contribution >= 0.6 is 0 Å². The van der Waals surface area contributed by atoms with E-state index in [0.717, 1.165) is 24.0 Å². The third-order valence-corrected chi connectivity index (χ3v) is 12.2. The molecule has 6 aromatic rings. The lowest BCUT2D eigenvalue weighted by molar-refractivity contribution is -0.126. The van der Waals surface area contributed by atoms with Gasteiger partial charge in [-0.2, -0.15) is 0 Å². The summed E-state index contributed by atoms with van der Waals surface area (Å²) >= 11 is 0. The number of aromatic nitrogens is 2. The van der Waals surface area contributed by atoms with Crippen LogP contribution in [0.4, 0.5) is 9.59 Å². The summed E-state index contributed by atoms with van der Waals surface area (Å²) in [5, 5.41) is 12.6. The van der Waals surface area contributed by atoms with E-state index in [-0.39, 0.29) is 78.6 Å². The number of nitrogens with one attached hydrogen (secondary N) is 5. The molecule has 340 valence electrons. The number of pyridine rings is 2. The Labute approximate surface area is 378 Å². The van der Waals surface area contributed by atoms with Gasteiger partial charge in [0.2, 0.25) is 0 Å². The van der Waals surface area contributed by atoms with Crippen LogP contribution in [0.3, 0.4) is 0 Å². The van der Waals surface area contributed by atoms with E-state index in [0.29, 0.717) is 44.8 Å². The van der Waals surface area contributed by atoms with Crippen molar-refractivity contribution in [3.05, 3.63) is 118 Å². The third-order valence-electron chi connectivity index (χ3n) is 12.2. The number of hydrogen-bond acceptors (Lipinski definition) is 14. The Bertz CT molecular complexity index is 3180. The molecule has 5 aliphatic rings. The predicted octanol–water partition coefficient (Wildman–Crippen LogP) is 3.15. The highest BCUT2D eigenvalue weighted by Gasteiger charge is 2.54. The van der Waals surface area contributed by atoms with Gasteiger partial charge in [-0.05, 0) is 72.5 Å². The van der Waals surface area contributed by atoms with Gasteiger partial charge in [-0.25, -0.2) is 19.6 Å². The molecule has 4 aromatic heterocycles. The highest BCUT2D eigenvalue weighted by Crippen LogP contribution is 2.37. The Morgan fingerprint density at radius 1 is 0.672 bits per heavy atom. The molecule has 1 aliphatic carbocycles. The summed E-state index contributed by atoms with van der Waals surface area (Å²) in [5.74, 6) is -1.04. The second-order valence-corrected chi connectivity index (χ2v) is 16.7. The molecule has 5 N–H and O–H groups in total. The predicted molar refractivity (Wildman–Crippen MR) is 231 cm³/mol. The number of fused-ring (bicyclic) bond motifs is 4. The van der Waals surface area contributed by atoms with Gasteiger partial charge in [0.15, 0.2) is 28.0 Å². The van der Waals surface area contributed by atoms with Gasteiger partial charge < -0.3 is 44.1 Å². The highest BCUT2D eigenvalue weighted by atomic mass is 16.5. The molecule has 1 saturated carbocycles. The maximum Gasteiger partial charge on any atom is 0.322 e. The minimum absolute atomic E-state index is 0.115. The van der Waals surface area contributed by atoms with Gasteiger partial charge in [0.25, 0.3) is 29.5 Å². The largest absolute Gasteiger partial charge is 0.497 e. The van der Waals surface area contributed by atoms with Gasteiger partial charge >= 0.3 is 12.1 Å². The summed E-state index contributed by atoms with van der Waals surface area (Å²) in [7, 11) is 3.03. The van der Waals surface area contributed by atoms with Crippen LogP contribution in [0.2, 0.25) is 0 Å². The summed E-state index contributed by atoms with van der Waals surface area (Å²) < 4.78 is 22.2. The quantitative estimate of drug-likeness (QED) is 0.0924. The minimum atomic E-state index is -1.66.